The first-order valence-electron chi connectivity index (χ1n) is 13.3. The van der Waals surface area contributed by atoms with Gasteiger partial charge >= 0.3 is 0 Å². The molecule has 6 heterocycles. The second-order valence-electron chi connectivity index (χ2n) is 12.0. The van der Waals surface area contributed by atoms with E-state index in [0.29, 0.717) is 31.3 Å². The summed E-state index contributed by atoms with van der Waals surface area (Å²) in [4.78, 5) is 11.7. The molecular formula is C27H38N8OS. The summed E-state index contributed by atoms with van der Waals surface area (Å²) in [5.41, 5.74) is 2.42. The Morgan fingerprint density at radius 3 is 2.70 bits per heavy atom. The molecule has 6 rings (SSSR count). The topological polar surface area (TPSA) is 96.8 Å². The monoisotopic (exact) mass is 522 g/mol. The molecule has 3 fully saturated rings. The first-order chi connectivity index (χ1) is 17.8. The molecule has 1 N–H and O–H groups in total. The third-order valence-corrected chi connectivity index (χ3v) is 9.73. The molecule has 3 aliphatic heterocycles. The van der Waals surface area contributed by atoms with E-state index in [9.17, 15) is 5.26 Å². The predicted octanol–water partition coefficient (Wildman–Crippen LogP) is 3.17. The second-order valence-corrected chi connectivity index (χ2v) is 16.6. The highest BCUT2D eigenvalue weighted by molar-refractivity contribution is 8.32. The lowest BCUT2D eigenvalue weighted by molar-refractivity contribution is -0.0389. The number of ether oxygens (including phenoxy) is 1. The minimum absolute atomic E-state index is 0.266. The van der Waals surface area contributed by atoms with Crippen LogP contribution in [-0.4, -0.2) is 91.6 Å². The molecule has 0 spiro atoms. The number of nitrogens with zero attached hydrogens (tertiary/aromatic N) is 7. The van der Waals surface area contributed by atoms with Gasteiger partial charge in [-0.1, -0.05) is 0 Å². The Bertz CT molecular complexity index is 1290. The molecule has 2 atom stereocenters. The Balaban J connectivity index is 1.18. The number of aromatic nitrogens is 5. The number of hydrogen-bond donors (Lipinski definition) is 1. The van der Waals surface area contributed by atoms with Crippen molar-refractivity contribution in [2.75, 3.05) is 44.2 Å². The molecule has 0 aliphatic carbocycles. The van der Waals surface area contributed by atoms with Gasteiger partial charge in [-0.15, -0.1) is 0 Å². The molecule has 2 bridgehead atoms. The van der Waals surface area contributed by atoms with Gasteiger partial charge in [0.15, 0.2) is 0 Å². The van der Waals surface area contributed by atoms with Gasteiger partial charge in [0.1, 0.15) is 24.2 Å². The van der Waals surface area contributed by atoms with E-state index in [1.165, 1.54) is 25.7 Å². The van der Waals surface area contributed by atoms with E-state index in [1.54, 1.807) is 6.33 Å². The van der Waals surface area contributed by atoms with Crippen LogP contribution in [0.2, 0.25) is 0 Å². The molecule has 198 valence electrons. The zero-order chi connectivity index (χ0) is 25.6. The molecule has 37 heavy (non-hydrogen) atoms. The maximum Gasteiger partial charge on any atom is 0.145 e. The number of fused-ring (bicyclic) bond motifs is 3. The van der Waals surface area contributed by atoms with E-state index < -0.39 is 10.0 Å². The van der Waals surface area contributed by atoms with Gasteiger partial charge in [0.25, 0.3) is 0 Å². The summed E-state index contributed by atoms with van der Waals surface area (Å²) in [7, 11) is -0.569. The Hall–Kier alpha value is -2.45. The molecule has 0 saturated carbocycles. The van der Waals surface area contributed by atoms with Crippen LogP contribution in [0.1, 0.15) is 32.1 Å². The summed E-state index contributed by atoms with van der Waals surface area (Å²) in [6, 6.07) is 6.45. The summed E-state index contributed by atoms with van der Waals surface area (Å²) in [6.07, 6.45) is 20.0. The molecule has 10 heteroatoms. The zero-order valence-corrected chi connectivity index (χ0v) is 23.0. The van der Waals surface area contributed by atoms with Crippen molar-refractivity contribution in [1.29, 1.82) is 5.26 Å². The number of likely N-dealkylation sites (tertiary alicyclic amines) is 1. The van der Waals surface area contributed by atoms with Crippen molar-refractivity contribution in [2.24, 2.45) is 0 Å². The lowest BCUT2D eigenvalue weighted by Gasteiger charge is -2.53. The van der Waals surface area contributed by atoms with E-state index in [0.717, 1.165) is 47.7 Å². The molecule has 3 aromatic heterocycles. The highest BCUT2D eigenvalue weighted by atomic mass is 32.3. The maximum absolute atomic E-state index is 9.67. The van der Waals surface area contributed by atoms with E-state index >= 15 is 0 Å². The molecular weight excluding hydrogens is 484 g/mol. The Morgan fingerprint density at radius 1 is 1.19 bits per heavy atom. The van der Waals surface area contributed by atoms with Crippen LogP contribution < -0.4 is 5.32 Å². The molecule has 3 aliphatic rings. The smallest absolute Gasteiger partial charge is 0.145 e. The van der Waals surface area contributed by atoms with E-state index in [2.05, 4.69) is 57.3 Å². The van der Waals surface area contributed by atoms with Crippen molar-refractivity contribution < 1.29 is 4.74 Å². The average Bonchev–Trinajstić information content (AvgIpc) is 3.57. The quantitative estimate of drug-likeness (QED) is 0.431. The summed E-state index contributed by atoms with van der Waals surface area (Å²) >= 11 is 0. The van der Waals surface area contributed by atoms with Gasteiger partial charge in [0, 0.05) is 60.3 Å². The normalized spacial score (nSPS) is 25.7. The number of hydrogen-bond acceptors (Lipinski definition) is 7. The SMILES string of the molecule is CS(C)(C)CCOCn1ccc2c(-c3cnn(C4(CC#N)CN(C5CC6CCC(C5)N6)C4)c3)ncnc21. The predicted molar refractivity (Wildman–Crippen MR) is 148 cm³/mol. The van der Waals surface area contributed by atoms with Gasteiger partial charge in [0.05, 0.1) is 31.0 Å². The van der Waals surface area contributed by atoms with Crippen molar-refractivity contribution in [1.82, 2.24) is 34.5 Å². The lowest BCUT2D eigenvalue weighted by atomic mass is 9.83. The van der Waals surface area contributed by atoms with Gasteiger partial charge in [-0.25, -0.2) is 20.0 Å². The summed E-state index contributed by atoms with van der Waals surface area (Å²) in [5, 5.41) is 19.2. The minimum atomic E-state index is -0.569. The molecule has 0 aromatic carbocycles. The molecule has 0 amide bonds. The third kappa shape index (κ3) is 4.90. The van der Waals surface area contributed by atoms with Crippen molar-refractivity contribution in [3.05, 3.63) is 31.0 Å². The Labute approximate surface area is 220 Å². The van der Waals surface area contributed by atoms with Gasteiger partial charge in [-0.05, 0) is 50.5 Å². The van der Waals surface area contributed by atoms with Crippen molar-refractivity contribution >= 4 is 21.1 Å². The van der Waals surface area contributed by atoms with Crippen molar-refractivity contribution in [3.8, 4) is 17.3 Å². The molecule has 9 nitrogen and oxygen atoms in total. The maximum atomic E-state index is 9.67. The fraction of sp³-hybridized carbons (Fsp3) is 0.630. The van der Waals surface area contributed by atoms with Gasteiger partial charge in [-0.2, -0.15) is 10.4 Å². The second kappa shape index (κ2) is 9.70. The van der Waals surface area contributed by atoms with E-state index in [-0.39, 0.29) is 5.54 Å². The van der Waals surface area contributed by atoms with Gasteiger partial charge < -0.3 is 14.6 Å². The van der Waals surface area contributed by atoms with Crippen molar-refractivity contribution in [3.63, 3.8) is 0 Å². The molecule has 0 radical (unpaired) electrons. The van der Waals surface area contributed by atoms with Gasteiger partial charge in [0.2, 0.25) is 0 Å². The number of nitriles is 1. The number of piperidine rings is 1. The van der Waals surface area contributed by atoms with Crippen LogP contribution in [0, 0.1) is 11.3 Å². The average molecular weight is 523 g/mol. The highest BCUT2D eigenvalue weighted by Gasteiger charge is 2.49. The van der Waals surface area contributed by atoms with E-state index in [4.69, 9.17) is 9.84 Å². The first kappa shape index (κ1) is 24.9. The van der Waals surface area contributed by atoms with Crippen LogP contribution in [0.4, 0.5) is 0 Å². The molecule has 3 saturated heterocycles. The van der Waals surface area contributed by atoms with Crippen LogP contribution in [-0.2, 0) is 17.0 Å². The summed E-state index contributed by atoms with van der Waals surface area (Å²) < 4.78 is 10.0. The van der Waals surface area contributed by atoms with Crippen LogP contribution in [0.5, 0.6) is 0 Å². The van der Waals surface area contributed by atoms with E-state index in [1.807, 2.05) is 21.6 Å². The minimum Gasteiger partial charge on any atom is -0.360 e. The Morgan fingerprint density at radius 2 is 1.97 bits per heavy atom. The first-order valence-corrected chi connectivity index (χ1v) is 16.3. The molecule has 3 aromatic rings. The Kier molecular flexibility index (Phi) is 6.51. The summed E-state index contributed by atoms with van der Waals surface area (Å²) in [5.74, 6) is 1.09. The van der Waals surface area contributed by atoms with Crippen molar-refractivity contribution in [2.45, 2.75) is 62.5 Å². The summed E-state index contributed by atoms with van der Waals surface area (Å²) in [6.45, 7) is 3.00. The van der Waals surface area contributed by atoms with Crippen LogP contribution in [0.25, 0.3) is 22.3 Å². The fourth-order valence-electron chi connectivity index (χ4n) is 6.29. The van der Waals surface area contributed by atoms with Crippen LogP contribution >= 0.6 is 10.0 Å². The van der Waals surface area contributed by atoms with Gasteiger partial charge in [-0.3, -0.25) is 9.58 Å². The number of rotatable bonds is 9. The highest BCUT2D eigenvalue weighted by Crippen LogP contribution is 2.39. The van der Waals surface area contributed by atoms with Crippen LogP contribution in [0.3, 0.4) is 0 Å². The number of nitrogens with one attached hydrogen (secondary N) is 1. The lowest BCUT2D eigenvalue weighted by Crippen LogP contribution is -2.67. The largest absolute Gasteiger partial charge is 0.360 e. The standard InChI is InChI=1S/C27H38N8OS/c1-37(2,3)11-10-36-19-33-9-6-24-25(29-18-30-26(24)33)20-14-31-35(15-20)27(7-8-28)16-34(17-27)23-12-21-4-5-22(13-23)32-21/h6,9,14-15,18,21-23,32H,4-5,7,10-13,16-17,19H2,1-3H3. The van der Waals surface area contributed by atoms with Crippen LogP contribution in [0.15, 0.2) is 31.0 Å². The fourth-order valence-corrected chi connectivity index (χ4v) is 6.91. The molecule has 2 unspecified atom stereocenters. The third-order valence-electron chi connectivity index (χ3n) is 8.34. The zero-order valence-electron chi connectivity index (χ0n) is 22.1.